The van der Waals surface area contributed by atoms with E-state index in [1.54, 1.807) is 0 Å². The molecule has 184 valence electrons. The fraction of sp³-hybridized carbons (Fsp3) is 0.750. The highest BCUT2D eigenvalue weighted by molar-refractivity contribution is 5.50. The van der Waals surface area contributed by atoms with Crippen LogP contribution in [0.1, 0.15) is 86.8 Å². The molecule has 1 aromatic rings. The maximum Gasteiger partial charge on any atom is 0.124 e. The summed E-state index contributed by atoms with van der Waals surface area (Å²) in [5.74, 6) is 6.45. The Kier molecular flexibility index (Phi) is 8.15. The van der Waals surface area contributed by atoms with Crippen molar-refractivity contribution in [3.05, 3.63) is 24.0 Å². The van der Waals surface area contributed by atoms with Crippen molar-refractivity contribution in [3.63, 3.8) is 0 Å². The Hall–Kier alpha value is -1.61. The second kappa shape index (κ2) is 10.3. The SMILES string of the molecule is CC(C)(C)COC1CC(OC2CCN(c3ccnc(C#CC(C)(C)OC(C)(C)C)c3)CC2)C1. The smallest absolute Gasteiger partial charge is 0.124 e. The van der Waals surface area contributed by atoms with Crippen molar-refractivity contribution in [2.75, 3.05) is 24.6 Å². The largest absolute Gasteiger partial charge is 0.377 e. The van der Waals surface area contributed by atoms with Gasteiger partial charge in [-0.05, 0) is 83.8 Å². The number of aromatic nitrogens is 1. The molecule has 0 bridgehead atoms. The van der Waals surface area contributed by atoms with Crippen LogP contribution in [0, 0.1) is 17.3 Å². The molecule has 33 heavy (non-hydrogen) atoms. The summed E-state index contributed by atoms with van der Waals surface area (Å²) in [4.78, 5) is 6.87. The molecule has 0 N–H and O–H groups in total. The number of ether oxygens (including phenoxy) is 3. The average molecular weight is 457 g/mol. The molecule has 0 spiro atoms. The fourth-order valence-electron chi connectivity index (χ4n) is 4.34. The number of anilines is 1. The first-order valence-corrected chi connectivity index (χ1v) is 12.5. The Balaban J connectivity index is 1.45. The zero-order chi connectivity index (χ0) is 24.3. The van der Waals surface area contributed by atoms with Gasteiger partial charge in [0.05, 0.1) is 30.5 Å². The van der Waals surface area contributed by atoms with E-state index in [4.69, 9.17) is 14.2 Å². The molecule has 0 atom stereocenters. The zero-order valence-corrected chi connectivity index (χ0v) is 22.0. The molecule has 0 aromatic carbocycles. The molecule has 2 aliphatic rings. The van der Waals surface area contributed by atoms with Crippen LogP contribution in [-0.2, 0) is 14.2 Å². The quantitative estimate of drug-likeness (QED) is 0.521. The summed E-state index contributed by atoms with van der Waals surface area (Å²) >= 11 is 0. The summed E-state index contributed by atoms with van der Waals surface area (Å²) in [5.41, 5.74) is 1.44. The lowest BCUT2D eigenvalue weighted by Gasteiger charge is -2.41. The third-order valence-electron chi connectivity index (χ3n) is 5.79. The lowest BCUT2D eigenvalue weighted by atomic mass is 9.90. The summed E-state index contributed by atoms with van der Waals surface area (Å²) in [7, 11) is 0. The van der Waals surface area contributed by atoms with E-state index in [1.807, 2.05) is 40.8 Å². The van der Waals surface area contributed by atoms with Gasteiger partial charge in [-0.1, -0.05) is 26.7 Å². The van der Waals surface area contributed by atoms with Crippen LogP contribution in [0.4, 0.5) is 5.69 Å². The van der Waals surface area contributed by atoms with Gasteiger partial charge in [-0.15, -0.1) is 0 Å². The molecule has 1 aromatic heterocycles. The van der Waals surface area contributed by atoms with Crippen molar-refractivity contribution in [1.82, 2.24) is 4.98 Å². The molecule has 0 unspecified atom stereocenters. The molecule has 1 saturated carbocycles. The topological polar surface area (TPSA) is 43.8 Å². The minimum absolute atomic E-state index is 0.230. The van der Waals surface area contributed by atoms with Gasteiger partial charge in [0.2, 0.25) is 0 Å². The van der Waals surface area contributed by atoms with Crippen LogP contribution in [0.2, 0.25) is 0 Å². The Morgan fingerprint density at radius 1 is 0.970 bits per heavy atom. The van der Waals surface area contributed by atoms with Gasteiger partial charge in [0.1, 0.15) is 11.3 Å². The molecule has 3 rings (SSSR count). The fourth-order valence-corrected chi connectivity index (χ4v) is 4.34. The maximum atomic E-state index is 6.36. The van der Waals surface area contributed by atoms with Crippen LogP contribution in [0.25, 0.3) is 0 Å². The predicted molar refractivity (Wildman–Crippen MR) is 135 cm³/mol. The summed E-state index contributed by atoms with van der Waals surface area (Å²) in [6, 6.07) is 4.16. The molecule has 1 saturated heterocycles. The van der Waals surface area contributed by atoms with Crippen LogP contribution < -0.4 is 4.90 Å². The first-order valence-electron chi connectivity index (χ1n) is 12.5. The molecule has 1 aliphatic carbocycles. The second-order valence-electron chi connectivity index (χ2n) is 12.3. The van der Waals surface area contributed by atoms with E-state index in [0.717, 1.165) is 51.1 Å². The van der Waals surface area contributed by atoms with E-state index < -0.39 is 5.60 Å². The van der Waals surface area contributed by atoms with E-state index in [2.05, 4.69) is 54.6 Å². The highest BCUT2D eigenvalue weighted by Gasteiger charge is 2.34. The van der Waals surface area contributed by atoms with Gasteiger partial charge < -0.3 is 19.1 Å². The van der Waals surface area contributed by atoms with Crippen molar-refractivity contribution in [1.29, 1.82) is 0 Å². The number of hydrogen-bond donors (Lipinski definition) is 0. The van der Waals surface area contributed by atoms with E-state index in [9.17, 15) is 0 Å². The number of pyridine rings is 1. The molecule has 0 radical (unpaired) electrons. The van der Waals surface area contributed by atoms with Crippen LogP contribution in [0.15, 0.2) is 18.3 Å². The summed E-state index contributed by atoms with van der Waals surface area (Å²) in [6.07, 6.45) is 7.14. The van der Waals surface area contributed by atoms with E-state index in [1.165, 1.54) is 5.69 Å². The zero-order valence-electron chi connectivity index (χ0n) is 22.0. The van der Waals surface area contributed by atoms with Gasteiger partial charge in [-0.25, -0.2) is 4.98 Å². The van der Waals surface area contributed by atoms with E-state index in [-0.39, 0.29) is 11.0 Å². The van der Waals surface area contributed by atoms with E-state index >= 15 is 0 Å². The van der Waals surface area contributed by atoms with Gasteiger partial charge in [0.25, 0.3) is 0 Å². The van der Waals surface area contributed by atoms with Crippen LogP contribution >= 0.6 is 0 Å². The molecule has 0 amide bonds. The third-order valence-corrected chi connectivity index (χ3v) is 5.79. The van der Waals surface area contributed by atoms with Crippen molar-refractivity contribution < 1.29 is 14.2 Å². The first-order chi connectivity index (χ1) is 15.3. The Morgan fingerprint density at radius 2 is 1.64 bits per heavy atom. The molecule has 2 heterocycles. The molecule has 2 fully saturated rings. The Morgan fingerprint density at radius 3 is 2.24 bits per heavy atom. The molecule has 5 heteroatoms. The number of nitrogens with zero attached hydrogens (tertiary/aromatic N) is 2. The molecular formula is C28H44N2O3. The van der Waals surface area contributed by atoms with Crippen molar-refractivity contribution >= 4 is 5.69 Å². The van der Waals surface area contributed by atoms with Crippen molar-refractivity contribution in [2.24, 2.45) is 5.41 Å². The van der Waals surface area contributed by atoms with Gasteiger partial charge in [-0.3, -0.25) is 0 Å². The Labute approximate surface area is 201 Å². The number of rotatable bonds is 6. The highest BCUT2D eigenvalue weighted by atomic mass is 16.5. The third kappa shape index (κ3) is 8.92. The van der Waals surface area contributed by atoms with Crippen LogP contribution in [-0.4, -0.2) is 54.2 Å². The molecule has 1 aliphatic heterocycles. The number of piperidine rings is 1. The van der Waals surface area contributed by atoms with E-state index in [0.29, 0.717) is 18.3 Å². The predicted octanol–water partition coefficient (Wildman–Crippen LogP) is 5.61. The lowest BCUT2D eigenvalue weighted by Crippen LogP contribution is -2.44. The van der Waals surface area contributed by atoms with Crippen LogP contribution in [0.3, 0.4) is 0 Å². The molecule has 5 nitrogen and oxygen atoms in total. The first kappa shape index (κ1) is 26.0. The summed E-state index contributed by atoms with van der Waals surface area (Å²) in [5, 5.41) is 0. The summed E-state index contributed by atoms with van der Waals surface area (Å²) < 4.78 is 18.4. The minimum Gasteiger partial charge on any atom is -0.377 e. The average Bonchev–Trinajstić information content (AvgIpc) is 2.66. The Bertz CT molecular complexity index is 827. The standard InChI is InChI=1S/C28H44N2O3/c1-26(2,3)20-31-24-18-25(19-24)32-23-11-15-30(16-12-23)22-10-14-29-21(17-22)9-13-28(7,8)33-27(4,5)6/h10,14,17,23-25H,11-12,15-16,18-20H2,1-8H3. The second-order valence-corrected chi connectivity index (χ2v) is 12.3. The van der Waals surface area contributed by atoms with Crippen LogP contribution in [0.5, 0.6) is 0 Å². The highest BCUT2D eigenvalue weighted by Crippen LogP contribution is 2.31. The van der Waals surface area contributed by atoms with Crippen molar-refractivity contribution in [2.45, 2.75) is 111 Å². The normalized spacial score (nSPS) is 22.5. The van der Waals surface area contributed by atoms with Gasteiger partial charge in [0.15, 0.2) is 0 Å². The monoisotopic (exact) mass is 456 g/mol. The molecular weight excluding hydrogens is 412 g/mol. The number of hydrogen-bond acceptors (Lipinski definition) is 5. The van der Waals surface area contributed by atoms with Gasteiger partial charge >= 0.3 is 0 Å². The summed E-state index contributed by atoms with van der Waals surface area (Å²) in [6.45, 7) is 19.6. The maximum absolute atomic E-state index is 6.36. The minimum atomic E-state index is -0.524. The van der Waals surface area contributed by atoms with Gasteiger partial charge in [0, 0.05) is 25.0 Å². The van der Waals surface area contributed by atoms with Gasteiger partial charge in [-0.2, -0.15) is 0 Å². The van der Waals surface area contributed by atoms with Crippen molar-refractivity contribution in [3.8, 4) is 11.8 Å². The lowest BCUT2D eigenvalue weighted by molar-refractivity contribution is -0.137.